The fourth-order valence-corrected chi connectivity index (χ4v) is 3.52. The number of aromatic hydroxyl groups is 1. The first-order chi connectivity index (χ1) is 13.7. The summed E-state index contributed by atoms with van der Waals surface area (Å²) in [7, 11) is 0. The van der Waals surface area contributed by atoms with Gasteiger partial charge in [-0.05, 0) is 43.2 Å². The van der Waals surface area contributed by atoms with E-state index in [1.54, 1.807) is 6.92 Å². The van der Waals surface area contributed by atoms with Gasteiger partial charge in [0.05, 0.1) is 22.0 Å². The monoisotopic (exact) mass is 436 g/mol. The zero-order chi connectivity index (χ0) is 21.3. The van der Waals surface area contributed by atoms with Crippen molar-refractivity contribution in [3.8, 4) is 5.75 Å². The highest BCUT2D eigenvalue weighted by atomic mass is 35.5. The number of rotatable bonds is 5. The number of phenolic OH excluding ortho intramolecular Hbond substituents is 1. The van der Waals surface area contributed by atoms with Crippen LogP contribution in [0, 0.1) is 12.7 Å². The van der Waals surface area contributed by atoms with E-state index in [0.29, 0.717) is 28.2 Å². The highest BCUT2D eigenvalue weighted by molar-refractivity contribution is 6.42. The van der Waals surface area contributed by atoms with Gasteiger partial charge in [0.15, 0.2) is 11.6 Å². The van der Waals surface area contributed by atoms with Crippen LogP contribution in [0.1, 0.15) is 35.0 Å². The number of nitrogens with one attached hydrogen (secondary N) is 1. The highest BCUT2D eigenvalue weighted by Gasteiger charge is 2.23. The second kappa shape index (κ2) is 8.43. The Hall–Kier alpha value is -2.57. The van der Waals surface area contributed by atoms with E-state index in [1.807, 2.05) is 6.92 Å². The molecule has 2 aromatic carbocycles. The molecule has 0 atom stereocenters. The Morgan fingerprint density at radius 3 is 2.55 bits per heavy atom. The van der Waals surface area contributed by atoms with E-state index in [9.17, 15) is 19.1 Å². The number of hydrogen-bond donors (Lipinski definition) is 2. The van der Waals surface area contributed by atoms with Crippen molar-refractivity contribution in [1.82, 2.24) is 9.88 Å². The molecule has 1 aromatic heterocycles. The van der Waals surface area contributed by atoms with Crippen molar-refractivity contribution in [2.24, 2.45) is 0 Å². The normalized spacial score (nSPS) is 11.1. The van der Waals surface area contributed by atoms with Crippen LogP contribution in [0.15, 0.2) is 30.3 Å². The molecule has 0 fully saturated rings. The molecular formula is C21H19Cl2FN2O3. The Morgan fingerprint density at radius 2 is 1.90 bits per heavy atom. The number of aromatic nitrogens is 1. The van der Waals surface area contributed by atoms with E-state index >= 15 is 0 Å². The van der Waals surface area contributed by atoms with Gasteiger partial charge in [0, 0.05) is 29.3 Å². The van der Waals surface area contributed by atoms with Crippen LogP contribution in [0.2, 0.25) is 10.0 Å². The number of hydrogen-bond acceptors (Lipinski definition) is 3. The molecule has 0 aliphatic rings. The van der Waals surface area contributed by atoms with E-state index in [1.165, 1.54) is 28.8 Å². The molecule has 5 nitrogen and oxygen atoms in total. The topological polar surface area (TPSA) is 71.3 Å². The van der Waals surface area contributed by atoms with Crippen molar-refractivity contribution >= 4 is 45.9 Å². The fraction of sp³-hybridized carbons (Fsp3) is 0.238. The number of phenols is 1. The van der Waals surface area contributed by atoms with Crippen molar-refractivity contribution < 1.29 is 19.1 Å². The van der Waals surface area contributed by atoms with E-state index in [-0.39, 0.29) is 28.4 Å². The molecule has 0 radical (unpaired) electrons. The molecule has 0 aliphatic carbocycles. The molecule has 0 aliphatic heterocycles. The van der Waals surface area contributed by atoms with Gasteiger partial charge in [-0.2, -0.15) is 0 Å². The summed E-state index contributed by atoms with van der Waals surface area (Å²) >= 11 is 12.0. The predicted molar refractivity (Wildman–Crippen MR) is 111 cm³/mol. The molecule has 1 heterocycles. The SMILES string of the molecule is CCCNC(=O)Cc1c(C)n(C(=O)c2ccc(Cl)c(Cl)c2)c2cc(F)c(O)cc12. The third-order valence-corrected chi connectivity index (χ3v) is 5.42. The molecule has 8 heteroatoms. The van der Waals surface area contributed by atoms with Crippen molar-refractivity contribution in [2.45, 2.75) is 26.7 Å². The maximum Gasteiger partial charge on any atom is 0.262 e. The first kappa shape index (κ1) is 21.1. The predicted octanol–water partition coefficient (Wildman–Crippen LogP) is 4.86. The standard InChI is InChI=1S/C21H19Cl2FN2O3/c1-3-6-25-20(28)9-13-11(2)26(18-10-17(24)19(27)8-14(13)18)21(29)12-4-5-15(22)16(23)7-12/h4-5,7-8,10,27H,3,6,9H2,1-2H3,(H,25,28). The third kappa shape index (κ3) is 4.09. The van der Waals surface area contributed by atoms with Crippen molar-refractivity contribution in [2.75, 3.05) is 6.54 Å². The average Bonchev–Trinajstić information content (AvgIpc) is 2.93. The summed E-state index contributed by atoms with van der Waals surface area (Å²) in [6.07, 6.45) is 0.781. The van der Waals surface area contributed by atoms with Gasteiger partial charge in [-0.3, -0.25) is 14.2 Å². The summed E-state index contributed by atoms with van der Waals surface area (Å²) in [5.74, 6) is -2.08. The Labute approximate surface area is 177 Å². The quantitative estimate of drug-likeness (QED) is 0.599. The molecule has 0 bridgehead atoms. The number of carbonyl (C=O) groups excluding carboxylic acids is 2. The smallest absolute Gasteiger partial charge is 0.262 e. The van der Waals surface area contributed by atoms with Gasteiger partial charge in [-0.15, -0.1) is 0 Å². The molecule has 3 aromatic rings. The van der Waals surface area contributed by atoms with E-state index in [4.69, 9.17) is 23.2 Å². The van der Waals surface area contributed by atoms with Crippen LogP contribution in [0.5, 0.6) is 5.75 Å². The molecule has 2 N–H and O–H groups in total. The van der Waals surface area contributed by atoms with Gasteiger partial charge in [-0.1, -0.05) is 30.1 Å². The molecule has 0 saturated heterocycles. The highest BCUT2D eigenvalue weighted by Crippen LogP contribution is 2.32. The lowest BCUT2D eigenvalue weighted by Gasteiger charge is -2.09. The lowest BCUT2D eigenvalue weighted by molar-refractivity contribution is -0.120. The molecule has 0 saturated carbocycles. The summed E-state index contributed by atoms with van der Waals surface area (Å²) < 4.78 is 15.4. The van der Waals surface area contributed by atoms with Crippen LogP contribution in [0.4, 0.5) is 4.39 Å². The van der Waals surface area contributed by atoms with E-state index in [2.05, 4.69) is 5.32 Å². The zero-order valence-electron chi connectivity index (χ0n) is 15.9. The molecular weight excluding hydrogens is 418 g/mol. The first-order valence-electron chi connectivity index (χ1n) is 9.03. The zero-order valence-corrected chi connectivity index (χ0v) is 17.4. The minimum absolute atomic E-state index is 0.00490. The Kier molecular flexibility index (Phi) is 6.15. The number of carbonyl (C=O) groups is 2. The lowest BCUT2D eigenvalue weighted by atomic mass is 10.1. The molecule has 0 spiro atoms. The van der Waals surface area contributed by atoms with Gasteiger partial charge < -0.3 is 10.4 Å². The van der Waals surface area contributed by atoms with Gasteiger partial charge >= 0.3 is 0 Å². The third-order valence-electron chi connectivity index (χ3n) is 4.68. The van der Waals surface area contributed by atoms with Gasteiger partial charge in [0.1, 0.15) is 0 Å². The first-order valence-corrected chi connectivity index (χ1v) is 9.79. The van der Waals surface area contributed by atoms with Crippen LogP contribution in [0.25, 0.3) is 10.9 Å². The average molecular weight is 437 g/mol. The van der Waals surface area contributed by atoms with Crippen molar-refractivity contribution in [3.63, 3.8) is 0 Å². The Morgan fingerprint density at radius 1 is 1.17 bits per heavy atom. The summed E-state index contributed by atoms with van der Waals surface area (Å²) in [4.78, 5) is 25.5. The van der Waals surface area contributed by atoms with Crippen LogP contribution < -0.4 is 5.32 Å². The van der Waals surface area contributed by atoms with Crippen LogP contribution in [0.3, 0.4) is 0 Å². The number of amides is 1. The number of nitrogens with zero attached hydrogens (tertiary/aromatic N) is 1. The second-order valence-corrected chi connectivity index (χ2v) is 7.50. The maximum absolute atomic E-state index is 14.1. The van der Waals surface area contributed by atoms with Crippen molar-refractivity contribution in [3.05, 3.63) is 63.0 Å². The number of fused-ring (bicyclic) bond motifs is 1. The molecule has 0 unspecified atom stereocenters. The summed E-state index contributed by atoms with van der Waals surface area (Å²) in [5.41, 5.74) is 1.53. The minimum Gasteiger partial charge on any atom is -0.505 e. The molecule has 3 rings (SSSR count). The number of halogens is 3. The summed E-state index contributed by atoms with van der Waals surface area (Å²) in [5, 5.41) is 13.6. The van der Waals surface area contributed by atoms with Gasteiger partial charge in [-0.25, -0.2) is 4.39 Å². The Balaban J connectivity index is 2.17. The number of benzene rings is 2. The van der Waals surface area contributed by atoms with E-state index < -0.39 is 17.5 Å². The largest absolute Gasteiger partial charge is 0.505 e. The summed E-state index contributed by atoms with van der Waals surface area (Å²) in [6.45, 7) is 4.14. The second-order valence-electron chi connectivity index (χ2n) is 6.68. The van der Waals surface area contributed by atoms with Crippen LogP contribution in [-0.2, 0) is 11.2 Å². The lowest BCUT2D eigenvalue weighted by Crippen LogP contribution is -2.26. The summed E-state index contributed by atoms with van der Waals surface area (Å²) in [6, 6.07) is 6.77. The van der Waals surface area contributed by atoms with Crippen LogP contribution >= 0.6 is 23.2 Å². The fourth-order valence-electron chi connectivity index (χ4n) is 3.22. The molecule has 1 amide bonds. The minimum atomic E-state index is -0.861. The van der Waals surface area contributed by atoms with Gasteiger partial charge in [0.2, 0.25) is 5.91 Å². The molecule has 152 valence electrons. The van der Waals surface area contributed by atoms with E-state index in [0.717, 1.165) is 12.5 Å². The van der Waals surface area contributed by atoms with Gasteiger partial charge in [0.25, 0.3) is 5.91 Å². The maximum atomic E-state index is 14.1. The van der Waals surface area contributed by atoms with Crippen LogP contribution in [-0.4, -0.2) is 28.0 Å². The molecule has 29 heavy (non-hydrogen) atoms. The van der Waals surface area contributed by atoms with Crippen molar-refractivity contribution in [1.29, 1.82) is 0 Å². The Bertz CT molecular complexity index is 1130.